The minimum absolute atomic E-state index is 0.545. The van der Waals surface area contributed by atoms with E-state index in [-0.39, 0.29) is 0 Å². The summed E-state index contributed by atoms with van der Waals surface area (Å²) >= 11 is 0. The smallest absolute Gasteiger partial charge is 0.125 e. The van der Waals surface area contributed by atoms with Crippen molar-refractivity contribution in [3.63, 3.8) is 0 Å². The fraction of sp³-hybridized carbons (Fsp3) is 0.444. The largest absolute Gasteiger partial charge is 0.387 e. The monoisotopic (exact) mass is 178 g/mol. The second-order valence-corrected chi connectivity index (χ2v) is 2.76. The van der Waals surface area contributed by atoms with E-state index in [1.165, 1.54) is 0 Å². The Morgan fingerprint density at radius 1 is 1.62 bits per heavy atom. The molecule has 0 saturated heterocycles. The van der Waals surface area contributed by atoms with Gasteiger partial charge in [0, 0.05) is 12.6 Å². The molecule has 0 bridgehead atoms. The molecule has 2 N–H and O–H groups in total. The molecule has 0 radical (unpaired) electrons. The summed E-state index contributed by atoms with van der Waals surface area (Å²) in [6.45, 7) is 4.38. The molecule has 0 amide bonds. The first-order chi connectivity index (χ1) is 6.22. The van der Waals surface area contributed by atoms with Crippen LogP contribution < -0.4 is 5.73 Å². The minimum Gasteiger partial charge on any atom is -0.387 e. The van der Waals surface area contributed by atoms with E-state index >= 15 is 0 Å². The van der Waals surface area contributed by atoms with Crippen molar-refractivity contribution in [1.29, 1.82) is 0 Å². The zero-order valence-electron chi connectivity index (χ0n) is 7.99. The van der Waals surface area contributed by atoms with Crippen molar-refractivity contribution in [2.75, 3.05) is 0 Å². The van der Waals surface area contributed by atoms with E-state index in [9.17, 15) is 0 Å². The predicted octanol–water partition coefficient (Wildman–Crippen LogP) is 1.05. The Kier molecular flexibility index (Phi) is 3.37. The average Bonchev–Trinajstić information content (AvgIpc) is 2.14. The van der Waals surface area contributed by atoms with Crippen LogP contribution in [0, 0.1) is 6.92 Å². The SMILES string of the molecule is CCC(N)=NCc1ccnc(C)n1. The van der Waals surface area contributed by atoms with Gasteiger partial charge in [-0.05, 0) is 13.0 Å². The number of nitrogens with zero attached hydrogens (tertiary/aromatic N) is 3. The van der Waals surface area contributed by atoms with Gasteiger partial charge in [0.15, 0.2) is 0 Å². The second-order valence-electron chi connectivity index (χ2n) is 2.76. The van der Waals surface area contributed by atoms with Crippen molar-refractivity contribution in [1.82, 2.24) is 9.97 Å². The molecule has 70 valence electrons. The zero-order valence-corrected chi connectivity index (χ0v) is 7.99. The third kappa shape index (κ3) is 3.19. The Morgan fingerprint density at radius 3 is 3.00 bits per heavy atom. The van der Waals surface area contributed by atoms with Gasteiger partial charge in [-0.15, -0.1) is 0 Å². The fourth-order valence-corrected chi connectivity index (χ4v) is 0.888. The summed E-state index contributed by atoms with van der Waals surface area (Å²) in [6.07, 6.45) is 2.51. The van der Waals surface area contributed by atoms with Crippen LogP contribution in [0.25, 0.3) is 0 Å². The van der Waals surface area contributed by atoms with Gasteiger partial charge in [0.2, 0.25) is 0 Å². The first-order valence-corrected chi connectivity index (χ1v) is 4.29. The van der Waals surface area contributed by atoms with Crippen molar-refractivity contribution in [3.8, 4) is 0 Å². The Labute approximate surface area is 77.9 Å². The van der Waals surface area contributed by atoms with Crippen LogP contribution in [0.4, 0.5) is 0 Å². The summed E-state index contributed by atoms with van der Waals surface area (Å²) in [5, 5.41) is 0. The summed E-state index contributed by atoms with van der Waals surface area (Å²) in [7, 11) is 0. The summed E-state index contributed by atoms with van der Waals surface area (Å²) in [4.78, 5) is 12.4. The lowest BCUT2D eigenvalue weighted by molar-refractivity contribution is 0.919. The van der Waals surface area contributed by atoms with E-state index in [0.29, 0.717) is 12.4 Å². The van der Waals surface area contributed by atoms with Gasteiger partial charge in [0.1, 0.15) is 5.82 Å². The number of amidine groups is 1. The molecule has 0 unspecified atom stereocenters. The van der Waals surface area contributed by atoms with Gasteiger partial charge < -0.3 is 5.73 Å². The molecule has 1 aromatic heterocycles. The summed E-state index contributed by atoms with van der Waals surface area (Å²) in [6, 6.07) is 1.85. The van der Waals surface area contributed by atoms with E-state index in [1.54, 1.807) is 6.20 Å². The molecular weight excluding hydrogens is 164 g/mol. The Balaban J connectivity index is 2.64. The number of aromatic nitrogens is 2. The van der Waals surface area contributed by atoms with Crippen LogP contribution in [0.1, 0.15) is 24.9 Å². The standard InChI is InChI=1S/C9H14N4/c1-3-9(10)12-6-8-4-5-11-7(2)13-8/h4-5H,3,6H2,1-2H3,(H2,10,12). The topological polar surface area (TPSA) is 64.2 Å². The van der Waals surface area contributed by atoms with E-state index in [2.05, 4.69) is 15.0 Å². The highest BCUT2D eigenvalue weighted by molar-refractivity contribution is 5.79. The number of aryl methyl sites for hydroxylation is 1. The van der Waals surface area contributed by atoms with Crippen LogP contribution in [0.15, 0.2) is 17.3 Å². The number of aliphatic imine (C=N–C) groups is 1. The van der Waals surface area contributed by atoms with Crippen LogP contribution in [0.2, 0.25) is 0 Å². The summed E-state index contributed by atoms with van der Waals surface area (Å²) in [5.41, 5.74) is 6.47. The third-order valence-corrected chi connectivity index (χ3v) is 1.64. The second kappa shape index (κ2) is 4.54. The predicted molar refractivity (Wildman–Crippen MR) is 52.4 cm³/mol. The van der Waals surface area contributed by atoms with Gasteiger partial charge in [0.25, 0.3) is 0 Å². The van der Waals surface area contributed by atoms with Crippen molar-refractivity contribution in [3.05, 3.63) is 23.8 Å². The quantitative estimate of drug-likeness (QED) is 0.556. The van der Waals surface area contributed by atoms with Crippen LogP contribution in [0.3, 0.4) is 0 Å². The molecule has 0 aromatic carbocycles. The zero-order chi connectivity index (χ0) is 9.68. The molecule has 4 heteroatoms. The molecular formula is C9H14N4. The molecule has 1 aromatic rings. The number of hydrogen-bond acceptors (Lipinski definition) is 3. The number of rotatable bonds is 3. The normalized spacial score (nSPS) is 11.7. The molecule has 0 aliphatic carbocycles. The Morgan fingerprint density at radius 2 is 2.38 bits per heavy atom. The first-order valence-electron chi connectivity index (χ1n) is 4.29. The van der Waals surface area contributed by atoms with Gasteiger partial charge in [-0.25, -0.2) is 9.97 Å². The van der Waals surface area contributed by atoms with Crippen molar-refractivity contribution < 1.29 is 0 Å². The maximum Gasteiger partial charge on any atom is 0.125 e. The molecule has 0 fully saturated rings. The van der Waals surface area contributed by atoms with E-state index in [1.807, 2.05) is 19.9 Å². The lowest BCUT2D eigenvalue weighted by Gasteiger charge is -1.98. The van der Waals surface area contributed by atoms with Crippen molar-refractivity contribution in [2.24, 2.45) is 10.7 Å². The lowest BCUT2D eigenvalue weighted by Crippen LogP contribution is -2.10. The van der Waals surface area contributed by atoms with Gasteiger partial charge in [-0.1, -0.05) is 6.92 Å². The maximum atomic E-state index is 5.57. The van der Waals surface area contributed by atoms with Gasteiger partial charge in [0.05, 0.1) is 18.1 Å². The lowest BCUT2D eigenvalue weighted by atomic mass is 10.4. The minimum atomic E-state index is 0.545. The summed E-state index contributed by atoms with van der Waals surface area (Å²) in [5.74, 6) is 1.43. The van der Waals surface area contributed by atoms with Crippen LogP contribution in [0.5, 0.6) is 0 Å². The first kappa shape index (κ1) is 9.64. The molecule has 1 rings (SSSR count). The highest BCUT2D eigenvalue weighted by Gasteiger charge is 1.94. The highest BCUT2D eigenvalue weighted by Crippen LogP contribution is 1.96. The molecule has 0 spiro atoms. The van der Waals surface area contributed by atoms with Gasteiger partial charge in [-0.3, -0.25) is 4.99 Å². The van der Waals surface area contributed by atoms with E-state index < -0.39 is 0 Å². The van der Waals surface area contributed by atoms with E-state index in [4.69, 9.17) is 5.73 Å². The van der Waals surface area contributed by atoms with Gasteiger partial charge in [-0.2, -0.15) is 0 Å². The number of nitrogens with two attached hydrogens (primary N) is 1. The highest BCUT2D eigenvalue weighted by atomic mass is 14.9. The third-order valence-electron chi connectivity index (χ3n) is 1.64. The van der Waals surface area contributed by atoms with Crippen LogP contribution in [-0.2, 0) is 6.54 Å². The van der Waals surface area contributed by atoms with Crippen LogP contribution in [-0.4, -0.2) is 15.8 Å². The van der Waals surface area contributed by atoms with Crippen molar-refractivity contribution >= 4 is 5.84 Å². The molecule has 1 heterocycles. The molecule has 4 nitrogen and oxygen atoms in total. The summed E-state index contributed by atoms with van der Waals surface area (Å²) < 4.78 is 0. The molecule has 13 heavy (non-hydrogen) atoms. The maximum absolute atomic E-state index is 5.57. The number of hydrogen-bond donors (Lipinski definition) is 1. The molecule has 0 atom stereocenters. The average molecular weight is 178 g/mol. The van der Waals surface area contributed by atoms with Gasteiger partial charge >= 0.3 is 0 Å². The van der Waals surface area contributed by atoms with Crippen molar-refractivity contribution in [2.45, 2.75) is 26.8 Å². The molecule has 0 aliphatic heterocycles. The van der Waals surface area contributed by atoms with Crippen LogP contribution >= 0.6 is 0 Å². The Hall–Kier alpha value is -1.45. The van der Waals surface area contributed by atoms with E-state index in [0.717, 1.165) is 17.9 Å². The Bertz CT molecular complexity index is 306. The molecule has 0 saturated carbocycles. The fourth-order valence-electron chi connectivity index (χ4n) is 0.888. The molecule has 0 aliphatic rings.